The van der Waals surface area contributed by atoms with E-state index in [9.17, 15) is 9.59 Å². The molecule has 3 rings (SSSR count). The van der Waals surface area contributed by atoms with Gasteiger partial charge in [-0.25, -0.2) is 0 Å². The van der Waals surface area contributed by atoms with Crippen LogP contribution < -0.4 is 15.4 Å². The van der Waals surface area contributed by atoms with Gasteiger partial charge < -0.3 is 15.0 Å². The lowest BCUT2D eigenvalue weighted by Gasteiger charge is -2.26. The van der Waals surface area contributed by atoms with Gasteiger partial charge in [0.05, 0.1) is 11.1 Å². The molecule has 1 heterocycles. The van der Waals surface area contributed by atoms with Crippen molar-refractivity contribution in [2.24, 2.45) is 5.92 Å². The molecule has 0 bridgehead atoms. The highest BCUT2D eigenvalue weighted by atomic mass is 79.9. The number of amides is 2. The van der Waals surface area contributed by atoms with E-state index in [-0.39, 0.29) is 16.9 Å². The Hall–Kier alpha value is -2.45. The summed E-state index contributed by atoms with van der Waals surface area (Å²) in [5.74, 6) is 0.949. The van der Waals surface area contributed by atoms with E-state index in [1.54, 1.807) is 36.4 Å². The molecule has 2 N–H and O–H groups in total. The van der Waals surface area contributed by atoms with Crippen LogP contribution in [0.5, 0.6) is 5.75 Å². The zero-order valence-electron chi connectivity index (χ0n) is 19.0. The summed E-state index contributed by atoms with van der Waals surface area (Å²) in [6, 6.07) is 12.4. The third kappa shape index (κ3) is 7.54. The van der Waals surface area contributed by atoms with Crippen molar-refractivity contribution in [2.75, 3.05) is 25.0 Å². The van der Waals surface area contributed by atoms with Gasteiger partial charge in [-0.15, -0.1) is 0 Å². The van der Waals surface area contributed by atoms with Crippen LogP contribution in [0.25, 0.3) is 0 Å². The number of rotatable bonds is 7. The van der Waals surface area contributed by atoms with Crippen molar-refractivity contribution in [3.63, 3.8) is 0 Å². The van der Waals surface area contributed by atoms with Crippen LogP contribution in [0.3, 0.4) is 0 Å². The Labute approximate surface area is 209 Å². The fraction of sp³-hybridized carbons (Fsp3) is 0.400. The summed E-state index contributed by atoms with van der Waals surface area (Å²) >= 11 is 8.78. The Kier molecular flexibility index (Phi) is 9.26. The number of carbonyl (C=O) groups is 2. The predicted molar refractivity (Wildman–Crippen MR) is 139 cm³/mol. The van der Waals surface area contributed by atoms with Crippen LogP contribution in [0, 0.1) is 5.92 Å². The molecular formula is C25H30BrN3O3S. The number of benzene rings is 2. The Balaban J connectivity index is 1.56. The van der Waals surface area contributed by atoms with Crippen molar-refractivity contribution in [3.05, 3.63) is 58.1 Å². The summed E-state index contributed by atoms with van der Waals surface area (Å²) in [5.41, 5.74) is 1.71. The van der Waals surface area contributed by atoms with Gasteiger partial charge in [0.1, 0.15) is 5.75 Å². The maximum atomic E-state index is 12.7. The molecule has 2 amide bonds. The van der Waals surface area contributed by atoms with Crippen LogP contribution in [-0.2, 0) is 0 Å². The van der Waals surface area contributed by atoms with Gasteiger partial charge >= 0.3 is 0 Å². The van der Waals surface area contributed by atoms with E-state index in [0.717, 1.165) is 32.4 Å². The van der Waals surface area contributed by atoms with Crippen molar-refractivity contribution in [3.8, 4) is 5.75 Å². The third-order valence-electron chi connectivity index (χ3n) is 5.38. The second-order valence-corrected chi connectivity index (χ2v) is 9.78. The number of hydrogen-bond acceptors (Lipinski definition) is 4. The van der Waals surface area contributed by atoms with Gasteiger partial charge in [-0.1, -0.05) is 19.9 Å². The fourth-order valence-electron chi connectivity index (χ4n) is 3.51. The van der Waals surface area contributed by atoms with Crippen LogP contribution in [0.15, 0.2) is 46.9 Å². The first kappa shape index (κ1) is 25.2. The molecule has 0 radical (unpaired) electrons. The second kappa shape index (κ2) is 12.1. The SMILES string of the molecule is CC(C)CCOc1ccc(C(=O)NC(=S)Nc2cccc(C(=O)N3CCCCC3)c2)cc1Br. The molecule has 6 nitrogen and oxygen atoms in total. The first-order valence-corrected chi connectivity index (χ1v) is 12.5. The van der Waals surface area contributed by atoms with Crippen LogP contribution >= 0.6 is 28.1 Å². The lowest BCUT2D eigenvalue weighted by atomic mass is 10.1. The van der Waals surface area contributed by atoms with Gasteiger partial charge in [-0.3, -0.25) is 14.9 Å². The van der Waals surface area contributed by atoms with Gasteiger partial charge in [0.25, 0.3) is 11.8 Å². The molecule has 0 unspecified atom stereocenters. The molecule has 0 atom stereocenters. The van der Waals surface area contributed by atoms with Gasteiger partial charge in [-0.2, -0.15) is 0 Å². The Bertz CT molecular complexity index is 1010. The molecule has 1 aliphatic heterocycles. The van der Waals surface area contributed by atoms with E-state index in [2.05, 4.69) is 40.4 Å². The first-order valence-electron chi connectivity index (χ1n) is 11.3. The van der Waals surface area contributed by atoms with Crippen molar-refractivity contribution in [1.29, 1.82) is 0 Å². The minimum absolute atomic E-state index is 0.0221. The van der Waals surface area contributed by atoms with Crippen molar-refractivity contribution in [2.45, 2.75) is 39.5 Å². The number of hydrogen-bond donors (Lipinski definition) is 2. The molecule has 0 saturated carbocycles. The minimum Gasteiger partial charge on any atom is -0.492 e. The average molecular weight is 533 g/mol. The summed E-state index contributed by atoms with van der Waals surface area (Å²) in [6.45, 7) is 6.50. The van der Waals surface area contributed by atoms with E-state index in [0.29, 0.717) is 39.6 Å². The predicted octanol–water partition coefficient (Wildman–Crippen LogP) is 5.63. The van der Waals surface area contributed by atoms with Crippen molar-refractivity contribution in [1.82, 2.24) is 10.2 Å². The maximum Gasteiger partial charge on any atom is 0.257 e. The lowest BCUT2D eigenvalue weighted by Crippen LogP contribution is -2.36. The summed E-state index contributed by atoms with van der Waals surface area (Å²) in [4.78, 5) is 27.3. The quantitative estimate of drug-likeness (QED) is 0.453. The van der Waals surface area contributed by atoms with Gasteiger partial charge in [0.15, 0.2) is 5.11 Å². The summed E-state index contributed by atoms with van der Waals surface area (Å²) in [5, 5.41) is 5.85. The van der Waals surface area contributed by atoms with Gasteiger partial charge in [0, 0.05) is 29.9 Å². The maximum absolute atomic E-state index is 12.7. The molecule has 33 heavy (non-hydrogen) atoms. The fourth-order valence-corrected chi connectivity index (χ4v) is 4.21. The molecule has 0 aromatic heterocycles. The molecule has 8 heteroatoms. The van der Waals surface area contributed by atoms with Crippen LogP contribution in [0.2, 0.25) is 0 Å². The molecule has 0 spiro atoms. The highest BCUT2D eigenvalue weighted by Gasteiger charge is 2.18. The molecule has 2 aromatic rings. The van der Waals surface area contributed by atoms with Crippen molar-refractivity contribution >= 4 is 50.8 Å². The number of halogens is 1. The Morgan fingerprint density at radius 2 is 1.85 bits per heavy atom. The molecule has 1 fully saturated rings. The highest BCUT2D eigenvalue weighted by molar-refractivity contribution is 9.10. The standard InChI is InChI=1S/C25H30BrN3O3S/c1-17(2)11-14-32-22-10-9-18(16-21(22)26)23(30)28-25(33)27-20-8-6-7-19(15-20)24(31)29-12-4-3-5-13-29/h6-10,15-17H,3-5,11-14H2,1-2H3,(H2,27,28,30,33). The average Bonchev–Trinajstić information content (AvgIpc) is 2.80. The van der Waals surface area contributed by atoms with E-state index in [1.165, 1.54) is 6.42 Å². The normalized spacial score (nSPS) is 13.5. The molecule has 2 aromatic carbocycles. The third-order valence-corrected chi connectivity index (χ3v) is 6.21. The zero-order valence-corrected chi connectivity index (χ0v) is 21.4. The van der Waals surface area contributed by atoms with E-state index < -0.39 is 0 Å². The summed E-state index contributed by atoms with van der Waals surface area (Å²) in [6.07, 6.45) is 4.21. The Morgan fingerprint density at radius 3 is 2.55 bits per heavy atom. The number of thiocarbonyl (C=S) groups is 1. The molecule has 1 saturated heterocycles. The number of carbonyl (C=O) groups excluding carboxylic acids is 2. The number of ether oxygens (including phenoxy) is 1. The monoisotopic (exact) mass is 531 g/mol. The summed E-state index contributed by atoms with van der Waals surface area (Å²) in [7, 11) is 0. The summed E-state index contributed by atoms with van der Waals surface area (Å²) < 4.78 is 6.48. The number of piperidine rings is 1. The molecule has 0 aliphatic carbocycles. The van der Waals surface area contributed by atoms with Gasteiger partial charge in [0.2, 0.25) is 0 Å². The van der Waals surface area contributed by atoms with Gasteiger partial charge in [-0.05, 0) is 96.1 Å². The van der Waals surface area contributed by atoms with E-state index in [4.69, 9.17) is 17.0 Å². The lowest BCUT2D eigenvalue weighted by molar-refractivity contribution is 0.0724. The van der Waals surface area contributed by atoms with E-state index >= 15 is 0 Å². The van der Waals surface area contributed by atoms with E-state index in [1.807, 2.05) is 11.0 Å². The minimum atomic E-state index is -0.331. The number of nitrogens with one attached hydrogen (secondary N) is 2. The van der Waals surface area contributed by atoms with Crippen molar-refractivity contribution < 1.29 is 14.3 Å². The molecule has 176 valence electrons. The van der Waals surface area contributed by atoms with Crippen LogP contribution in [0.1, 0.15) is 60.2 Å². The molecule has 1 aliphatic rings. The molecular weight excluding hydrogens is 502 g/mol. The second-order valence-electron chi connectivity index (χ2n) is 8.52. The van der Waals surface area contributed by atoms with Crippen LogP contribution in [0.4, 0.5) is 5.69 Å². The number of likely N-dealkylation sites (tertiary alicyclic amines) is 1. The smallest absolute Gasteiger partial charge is 0.257 e. The Morgan fingerprint density at radius 1 is 1.09 bits per heavy atom. The first-order chi connectivity index (χ1) is 15.8. The highest BCUT2D eigenvalue weighted by Crippen LogP contribution is 2.26. The number of nitrogens with zero attached hydrogens (tertiary/aromatic N) is 1. The zero-order chi connectivity index (χ0) is 23.8. The number of anilines is 1. The largest absolute Gasteiger partial charge is 0.492 e. The van der Waals surface area contributed by atoms with Crippen LogP contribution in [-0.4, -0.2) is 41.5 Å². The topological polar surface area (TPSA) is 70.7 Å².